The molecule has 0 atom stereocenters. The summed E-state index contributed by atoms with van der Waals surface area (Å²) in [7, 11) is 0. The Bertz CT molecular complexity index is 259. The van der Waals surface area contributed by atoms with Gasteiger partial charge in [0.2, 0.25) is 5.54 Å². The van der Waals surface area contributed by atoms with Crippen LogP contribution < -0.4 is 0 Å². The standard InChI is InChI=1S/C12H19NO2/c1-4-15-11(14)9-10-5-7-12(2,13-3)8-6-10/h10H,4-9H2,1-2H3. The monoisotopic (exact) mass is 209 g/mol. The van der Waals surface area contributed by atoms with Gasteiger partial charge in [0.25, 0.3) is 0 Å². The van der Waals surface area contributed by atoms with Crippen LogP contribution in [0.1, 0.15) is 46.0 Å². The molecule has 3 heteroatoms. The Morgan fingerprint density at radius 1 is 1.53 bits per heavy atom. The molecule has 0 radical (unpaired) electrons. The fourth-order valence-electron chi connectivity index (χ4n) is 2.07. The first-order valence-electron chi connectivity index (χ1n) is 5.64. The Morgan fingerprint density at radius 3 is 2.60 bits per heavy atom. The first-order chi connectivity index (χ1) is 7.09. The van der Waals surface area contributed by atoms with Crippen molar-refractivity contribution in [3.8, 4) is 0 Å². The fraction of sp³-hybridized carbons (Fsp3) is 0.833. The highest BCUT2D eigenvalue weighted by Crippen LogP contribution is 2.36. The lowest BCUT2D eigenvalue weighted by Gasteiger charge is -2.27. The molecule has 1 rings (SSSR count). The normalized spacial score (nSPS) is 30.6. The number of carbonyl (C=O) groups is 1. The van der Waals surface area contributed by atoms with Crippen LogP contribution in [-0.4, -0.2) is 18.1 Å². The van der Waals surface area contributed by atoms with Gasteiger partial charge in [-0.1, -0.05) is 0 Å². The summed E-state index contributed by atoms with van der Waals surface area (Å²) in [5.41, 5.74) is -0.175. The highest BCUT2D eigenvalue weighted by Gasteiger charge is 2.36. The van der Waals surface area contributed by atoms with Crippen LogP contribution in [0.5, 0.6) is 0 Å². The van der Waals surface area contributed by atoms with Gasteiger partial charge in [0.05, 0.1) is 6.61 Å². The third kappa shape index (κ3) is 3.54. The first kappa shape index (κ1) is 12.0. The molecule has 84 valence electrons. The van der Waals surface area contributed by atoms with Crippen LogP contribution in [0.4, 0.5) is 0 Å². The summed E-state index contributed by atoms with van der Waals surface area (Å²) in [6, 6.07) is 0. The molecule has 0 saturated heterocycles. The van der Waals surface area contributed by atoms with Crippen molar-refractivity contribution in [3.63, 3.8) is 0 Å². The molecular formula is C12H19NO2. The average molecular weight is 209 g/mol. The summed E-state index contributed by atoms with van der Waals surface area (Å²) in [6.45, 7) is 11.4. The highest BCUT2D eigenvalue weighted by atomic mass is 16.5. The molecule has 0 aromatic heterocycles. The van der Waals surface area contributed by atoms with E-state index in [9.17, 15) is 4.79 Å². The molecule has 1 aliphatic rings. The second-order valence-corrected chi connectivity index (χ2v) is 4.56. The first-order valence-corrected chi connectivity index (χ1v) is 5.64. The van der Waals surface area contributed by atoms with E-state index in [0.29, 0.717) is 18.9 Å². The molecule has 0 aliphatic heterocycles. The molecule has 1 fully saturated rings. The van der Waals surface area contributed by atoms with Crippen LogP contribution in [0, 0.1) is 12.5 Å². The van der Waals surface area contributed by atoms with Gasteiger partial charge in [0.1, 0.15) is 0 Å². The van der Waals surface area contributed by atoms with E-state index < -0.39 is 0 Å². The smallest absolute Gasteiger partial charge is 0.306 e. The summed E-state index contributed by atoms with van der Waals surface area (Å²) in [5, 5.41) is 0. The zero-order chi connectivity index (χ0) is 11.3. The van der Waals surface area contributed by atoms with Crippen molar-refractivity contribution < 1.29 is 9.53 Å². The largest absolute Gasteiger partial charge is 0.466 e. The number of rotatable bonds is 3. The van der Waals surface area contributed by atoms with Crippen LogP contribution in [0.3, 0.4) is 0 Å². The Labute approximate surface area is 91.6 Å². The summed E-state index contributed by atoms with van der Waals surface area (Å²) >= 11 is 0. The zero-order valence-electron chi connectivity index (χ0n) is 9.58. The molecule has 0 unspecified atom stereocenters. The van der Waals surface area contributed by atoms with Crippen LogP contribution >= 0.6 is 0 Å². The lowest BCUT2D eigenvalue weighted by atomic mass is 9.77. The lowest BCUT2D eigenvalue weighted by molar-refractivity contribution is -0.144. The Balaban J connectivity index is 2.32. The molecule has 0 N–H and O–H groups in total. The van der Waals surface area contributed by atoms with E-state index in [1.165, 1.54) is 0 Å². The van der Waals surface area contributed by atoms with Crippen LogP contribution in [0.25, 0.3) is 4.85 Å². The van der Waals surface area contributed by atoms with Gasteiger partial charge in [-0.2, -0.15) is 0 Å². The van der Waals surface area contributed by atoms with E-state index in [-0.39, 0.29) is 11.5 Å². The maximum atomic E-state index is 11.3. The third-order valence-corrected chi connectivity index (χ3v) is 3.21. The van der Waals surface area contributed by atoms with Crippen molar-refractivity contribution in [2.45, 2.75) is 51.5 Å². The molecule has 0 aromatic carbocycles. The molecule has 0 aromatic rings. The second-order valence-electron chi connectivity index (χ2n) is 4.56. The predicted molar refractivity (Wildman–Crippen MR) is 58.2 cm³/mol. The molecule has 0 bridgehead atoms. The minimum Gasteiger partial charge on any atom is -0.466 e. The molecule has 15 heavy (non-hydrogen) atoms. The quantitative estimate of drug-likeness (QED) is 0.528. The van der Waals surface area contributed by atoms with E-state index in [4.69, 9.17) is 11.3 Å². The van der Waals surface area contributed by atoms with Gasteiger partial charge in [0.15, 0.2) is 0 Å². The van der Waals surface area contributed by atoms with Crippen molar-refractivity contribution in [1.29, 1.82) is 0 Å². The molecule has 1 saturated carbocycles. The molecule has 3 nitrogen and oxygen atoms in total. The number of nitrogens with zero attached hydrogens (tertiary/aromatic N) is 1. The van der Waals surface area contributed by atoms with Gasteiger partial charge in [-0.3, -0.25) is 4.79 Å². The van der Waals surface area contributed by atoms with Gasteiger partial charge in [0, 0.05) is 26.2 Å². The SMILES string of the molecule is [C-]#[N+]C1(C)CCC(CC(=O)OCC)CC1. The minimum atomic E-state index is -0.175. The lowest BCUT2D eigenvalue weighted by Crippen LogP contribution is -2.28. The summed E-state index contributed by atoms with van der Waals surface area (Å²) in [4.78, 5) is 14.9. The van der Waals surface area contributed by atoms with Gasteiger partial charge in [-0.05, 0) is 25.7 Å². The Kier molecular flexibility index (Phi) is 4.14. The van der Waals surface area contributed by atoms with Gasteiger partial charge in [-0.25, -0.2) is 6.57 Å². The fourth-order valence-corrected chi connectivity index (χ4v) is 2.07. The van der Waals surface area contributed by atoms with Crippen molar-refractivity contribution >= 4 is 5.97 Å². The summed E-state index contributed by atoms with van der Waals surface area (Å²) in [6.07, 6.45) is 4.33. The number of esters is 1. The summed E-state index contributed by atoms with van der Waals surface area (Å²) in [5.74, 6) is 0.341. The maximum absolute atomic E-state index is 11.3. The van der Waals surface area contributed by atoms with E-state index in [2.05, 4.69) is 4.85 Å². The molecule has 0 spiro atoms. The number of ether oxygens (including phenoxy) is 1. The van der Waals surface area contributed by atoms with Gasteiger partial charge < -0.3 is 9.58 Å². The molecule has 0 amide bonds. The minimum absolute atomic E-state index is 0.0890. The van der Waals surface area contributed by atoms with Crippen LogP contribution in [0.15, 0.2) is 0 Å². The van der Waals surface area contributed by atoms with Gasteiger partial charge >= 0.3 is 5.97 Å². The van der Waals surface area contributed by atoms with E-state index >= 15 is 0 Å². The highest BCUT2D eigenvalue weighted by molar-refractivity contribution is 5.69. The van der Waals surface area contributed by atoms with Crippen molar-refractivity contribution in [2.24, 2.45) is 5.92 Å². The molecule has 1 aliphatic carbocycles. The van der Waals surface area contributed by atoms with Crippen molar-refractivity contribution in [3.05, 3.63) is 11.4 Å². The van der Waals surface area contributed by atoms with Crippen LogP contribution in [-0.2, 0) is 9.53 Å². The second kappa shape index (κ2) is 5.16. The Hall–Kier alpha value is -1.04. The number of hydrogen-bond donors (Lipinski definition) is 0. The zero-order valence-corrected chi connectivity index (χ0v) is 9.58. The third-order valence-electron chi connectivity index (χ3n) is 3.21. The van der Waals surface area contributed by atoms with E-state index in [1.807, 2.05) is 13.8 Å². The number of carbonyl (C=O) groups excluding carboxylic acids is 1. The van der Waals surface area contributed by atoms with Gasteiger partial charge in [-0.15, -0.1) is 0 Å². The molecular weight excluding hydrogens is 190 g/mol. The maximum Gasteiger partial charge on any atom is 0.306 e. The topological polar surface area (TPSA) is 30.7 Å². The van der Waals surface area contributed by atoms with E-state index in [0.717, 1.165) is 25.7 Å². The Morgan fingerprint density at radius 2 is 2.13 bits per heavy atom. The summed E-state index contributed by atoms with van der Waals surface area (Å²) < 4.78 is 4.92. The van der Waals surface area contributed by atoms with E-state index in [1.54, 1.807) is 0 Å². The predicted octanol–water partition coefficient (Wildman–Crippen LogP) is 2.81. The average Bonchev–Trinajstić information content (AvgIpc) is 2.22. The van der Waals surface area contributed by atoms with Crippen molar-refractivity contribution in [1.82, 2.24) is 0 Å². The molecule has 0 heterocycles. The van der Waals surface area contributed by atoms with Crippen LogP contribution in [0.2, 0.25) is 0 Å². The number of hydrogen-bond acceptors (Lipinski definition) is 2. The van der Waals surface area contributed by atoms with Crippen molar-refractivity contribution in [2.75, 3.05) is 6.61 Å².